The number of halogens is 1. The highest BCUT2D eigenvalue weighted by Gasteiger charge is 2.21. The van der Waals surface area contributed by atoms with E-state index in [0.717, 1.165) is 12.0 Å². The first kappa shape index (κ1) is 24.3. The molecule has 0 radical (unpaired) electrons. The maximum Gasteiger partial charge on any atom is 0.329 e. The summed E-state index contributed by atoms with van der Waals surface area (Å²) in [5.41, 5.74) is 2.07. The maximum atomic E-state index is 12.0. The van der Waals surface area contributed by atoms with Gasteiger partial charge in [-0.3, -0.25) is 4.79 Å². The topological polar surface area (TPSA) is 52.1 Å². The van der Waals surface area contributed by atoms with Crippen LogP contribution in [0.25, 0.3) is 11.4 Å². The van der Waals surface area contributed by atoms with Gasteiger partial charge >= 0.3 is 5.97 Å². The number of alkyl halides is 1. The number of carbonyl (C=O) groups excluding carboxylic acids is 1. The summed E-state index contributed by atoms with van der Waals surface area (Å²) in [6.07, 6.45) is 15.4. The van der Waals surface area contributed by atoms with E-state index in [1.165, 1.54) is 56.9 Å². The van der Waals surface area contributed by atoms with E-state index in [1.54, 1.807) is 12.1 Å². The fraction of sp³-hybridized carbons (Fsp3) is 0.560. The van der Waals surface area contributed by atoms with Gasteiger partial charge in [-0.25, -0.2) is 9.97 Å². The molecular weight excluding hydrogens is 396 g/mol. The molecule has 0 saturated carbocycles. The molecule has 0 saturated heterocycles. The van der Waals surface area contributed by atoms with Crippen molar-refractivity contribution in [3.8, 4) is 17.1 Å². The molecule has 0 aliphatic heterocycles. The van der Waals surface area contributed by atoms with E-state index in [-0.39, 0.29) is 5.92 Å². The van der Waals surface area contributed by atoms with Crippen LogP contribution in [0.4, 0.5) is 0 Å². The van der Waals surface area contributed by atoms with Gasteiger partial charge < -0.3 is 4.74 Å². The molecule has 0 aliphatic carbocycles. The molecule has 0 amide bonds. The number of nitrogens with zero attached hydrogens (tertiary/aromatic N) is 2. The molecular formula is C25H35ClN2O2. The van der Waals surface area contributed by atoms with Gasteiger partial charge in [0.25, 0.3) is 0 Å². The Labute approximate surface area is 186 Å². The number of aromatic nitrogens is 2. The van der Waals surface area contributed by atoms with E-state index in [9.17, 15) is 4.79 Å². The first-order valence-corrected chi connectivity index (χ1v) is 11.7. The van der Waals surface area contributed by atoms with Gasteiger partial charge in [0, 0.05) is 18.0 Å². The molecule has 2 rings (SSSR count). The summed E-state index contributed by atoms with van der Waals surface area (Å²) in [6.45, 7) is 6.03. The predicted octanol–water partition coefficient (Wildman–Crippen LogP) is 7.00. The molecule has 0 spiro atoms. The lowest BCUT2D eigenvalue weighted by Crippen LogP contribution is -2.25. The highest BCUT2D eigenvalue weighted by molar-refractivity contribution is 6.30. The minimum atomic E-state index is -0.651. The van der Waals surface area contributed by atoms with Gasteiger partial charge in [-0.05, 0) is 48.6 Å². The Kier molecular flexibility index (Phi) is 10.9. The zero-order valence-corrected chi connectivity index (χ0v) is 19.3. The SMILES string of the molecule is CCCCCCCCCCc1cnc(-c2ccc(OC(=O)C(Cl)C(C)C)cc2)nc1. The van der Waals surface area contributed by atoms with Gasteiger partial charge in [0.1, 0.15) is 11.1 Å². The van der Waals surface area contributed by atoms with E-state index in [4.69, 9.17) is 16.3 Å². The average molecular weight is 431 g/mol. The Bertz CT molecular complexity index is 745. The molecule has 30 heavy (non-hydrogen) atoms. The Hall–Kier alpha value is -1.94. The van der Waals surface area contributed by atoms with E-state index in [1.807, 2.05) is 38.4 Å². The van der Waals surface area contributed by atoms with Crippen LogP contribution in [-0.4, -0.2) is 21.3 Å². The second-order valence-corrected chi connectivity index (χ2v) is 8.70. The largest absolute Gasteiger partial charge is 0.425 e. The summed E-state index contributed by atoms with van der Waals surface area (Å²) < 4.78 is 5.33. The standard InChI is InChI=1S/C25H35ClN2O2/c1-4-5-6-7-8-9-10-11-12-20-17-27-24(28-18-20)21-13-15-22(16-14-21)30-25(29)23(26)19(2)3/h13-19,23H,4-12H2,1-3H3. The molecule has 1 heterocycles. The number of hydrogen-bond donors (Lipinski definition) is 0. The van der Waals surface area contributed by atoms with Gasteiger partial charge in [0.05, 0.1) is 0 Å². The Balaban J connectivity index is 1.77. The lowest BCUT2D eigenvalue weighted by Gasteiger charge is -2.12. The van der Waals surface area contributed by atoms with Crippen molar-refractivity contribution in [2.24, 2.45) is 5.92 Å². The minimum Gasteiger partial charge on any atom is -0.425 e. The van der Waals surface area contributed by atoms with Crippen molar-refractivity contribution in [2.45, 2.75) is 83.9 Å². The fourth-order valence-corrected chi connectivity index (χ4v) is 3.26. The van der Waals surface area contributed by atoms with Gasteiger partial charge in [0.2, 0.25) is 0 Å². The molecule has 1 unspecified atom stereocenters. The van der Waals surface area contributed by atoms with Crippen molar-refractivity contribution < 1.29 is 9.53 Å². The van der Waals surface area contributed by atoms with E-state index in [0.29, 0.717) is 11.6 Å². The van der Waals surface area contributed by atoms with Gasteiger partial charge in [-0.15, -0.1) is 11.6 Å². The third-order valence-electron chi connectivity index (χ3n) is 5.17. The number of esters is 1. The maximum absolute atomic E-state index is 12.0. The van der Waals surface area contributed by atoms with Crippen LogP contribution in [0.3, 0.4) is 0 Å². The van der Waals surface area contributed by atoms with Crippen molar-refractivity contribution in [3.63, 3.8) is 0 Å². The van der Waals surface area contributed by atoms with Crippen LogP contribution in [0, 0.1) is 5.92 Å². The van der Waals surface area contributed by atoms with Crippen molar-refractivity contribution in [1.82, 2.24) is 9.97 Å². The minimum absolute atomic E-state index is 0.0242. The second-order valence-electron chi connectivity index (χ2n) is 8.23. The summed E-state index contributed by atoms with van der Waals surface area (Å²) in [6, 6.07) is 7.20. The third-order valence-corrected chi connectivity index (χ3v) is 5.85. The third kappa shape index (κ3) is 8.43. The Morgan fingerprint density at radius 1 is 0.933 bits per heavy atom. The lowest BCUT2D eigenvalue weighted by atomic mass is 10.1. The smallest absolute Gasteiger partial charge is 0.329 e. The summed E-state index contributed by atoms with van der Waals surface area (Å²) in [5, 5.41) is -0.651. The zero-order valence-electron chi connectivity index (χ0n) is 18.6. The van der Waals surface area contributed by atoms with Gasteiger partial charge in [0.15, 0.2) is 5.82 Å². The van der Waals surface area contributed by atoms with Crippen molar-refractivity contribution in [3.05, 3.63) is 42.2 Å². The average Bonchev–Trinajstić information content (AvgIpc) is 2.76. The van der Waals surface area contributed by atoms with Crippen molar-refractivity contribution >= 4 is 17.6 Å². The van der Waals surface area contributed by atoms with Crippen LogP contribution >= 0.6 is 11.6 Å². The van der Waals surface area contributed by atoms with Crippen LogP contribution in [0.1, 0.15) is 77.7 Å². The van der Waals surface area contributed by atoms with Crippen molar-refractivity contribution in [2.75, 3.05) is 0 Å². The van der Waals surface area contributed by atoms with Crippen LogP contribution in [0.5, 0.6) is 5.75 Å². The quantitative estimate of drug-likeness (QED) is 0.148. The van der Waals surface area contributed by atoms with Gasteiger partial charge in [-0.1, -0.05) is 65.7 Å². The molecule has 0 fully saturated rings. The predicted molar refractivity (Wildman–Crippen MR) is 124 cm³/mol. The first-order valence-electron chi connectivity index (χ1n) is 11.3. The molecule has 4 nitrogen and oxygen atoms in total. The van der Waals surface area contributed by atoms with Crippen molar-refractivity contribution in [1.29, 1.82) is 0 Å². The van der Waals surface area contributed by atoms with Crippen LogP contribution in [-0.2, 0) is 11.2 Å². The summed E-state index contributed by atoms with van der Waals surface area (Å²) in [7, 11) is 0. The highest BCUT2D eigenvalue weighted by Crippen LogP contribution is 2.21. The normalized spacial score (nSPS) is 12.2. The molecule has 0 bridgehead atoms. The highest BCUT2D eigenvalue weighted by atomic mass is 35.5. The van der Waals surface area contributed by atoms with Crippen LogP contribution in [0.15, 0.2) is 36.7 Å². The number of ether oxygens (including phenoxy) is 1. The van der Waals surface area contributed by atoms with E-state index < -0.39 is 11.3 Å². The lowest BCUT2D eigenvalue weighted by molar-refractivity contribution is -0.134. The van der Waals surface area contributed by atoms with Gasteiger partial charge in [-0.2, -0.15) is 0 Å². The van der Waals surface area contributed by atoms with Crippen LogP contribution < -0.4 is 4.74 Å². The number of hydrogen-bond acceptors (Lipinski definition) is 4. The monoisotopic (exact) mass is 430 g/mol. The summed E-state index contributed by atoms with van der Waals surface area (Å²) >= 11 is 6.04. The number of carbonyl (C=O) groups is 1. The Morgan fingerprint density at radius 3 is 2.07 bits per heavy atom. The molecule has 5 heteroatoms. The molecule has 0 N–H and O–H groups in total. The fourth-order valence-electron chi connectivity index (χ4n) is 3.21. The number of rotatable bonds is 13. The number of benzene rings is 1. The van der Waals surface area contributed by atoms with E-state index in [2.05, 4.69) is 16.9 Å². The molecule has 0 aliphatic rings. The zero-order chi connectivity index (χ0) is 21.8. The molecule has 1 aromatic heterocycles. The molecule has 1 aromatic carbocycles. The summed E-state index contributed by atoms with van der Waals surface area (Å²) in [5.74, 6) is 0.739. The number of aryl methyl sites for hydroxylation is 1. The summed E-state index contributed by atoms with van der Waals surface area (Å²) in [4.78, 5) is 21.0. The number of unbranched alkanes of at least 4 members (excludes halogenated alkanes) is 7. The molecule has 164 valence electrons. The Morgan fingerprint density at radius 2 is 1.50 bits per heavy atom. The molecule has 2 aromatic rings. The van der Waals surface area contributed by atoms with Crippen LogP contribution in [0.2, 0.25) is 0 Å². The molecule has 1 atom stereocenters. The second kappa shape index (κ2) is 13.4. The van der Waals surface area contributed by atoms with E-state index >= 15 is 0 Å². The first-order chi connectivity index (χ1) is 14.5.